The summed E-state index contributed by atoms with van der Waals surface area (Å²) in [5.41, 5.74) is 12.2. The largest absolute Gasteiger partial charge is 0.384 e. The van der Waals surface area contributed by atoms with Crippen molar-refractivity contribution in [1.29, 1.82) is 5.41 Å². The van der Waals surface area contributed by atoms with E-state index in [9.17, 15) is 0 Å². The van der Waals surface area contributed by atoms with E-state index in [1.807, 2.05) is 26.1 Å². The molecule has 0 aliphatic carbocycles. The van der Waals surface area contributed by atoms with Crippen LogP contribution in [0.2, 0.25) is 0 Å². The van der Waals surface area contributed by atoms with Crippen LogP contribution in [0.15, 0.2) is 36.4 Å². The zero-order valence-corrected chi connectivity index (χ0v) is 12.5. The molecule has 0 radical (unpaired) electrons. The minimum atomic E-state index is 0.0941. The van der Waals surface area contributed by atoms with Crippen LogP contribution in [0.1, 0.15) is 22.3 Å². The van der Waals surface area contributed by atoms with Gasteiger partial charge in [0.1, 0.15) is 5.84 Å². The highest BCUT2D eigenvalue weighted by Gasteiger charge is 2.13. The van der Waals surface area contributed by atoms with Gasteiger partial charge in [0.2, 0.25) is 0 Å². The molecule has 0 heterocycles. The predicted molar refractivity (Wildman–Crippen MR) is 86.2 cm³/mol. The zero-order valence-electron chi connectivity index (χ0n) is 12.5. The van der Waals surface area contributed by atoms with Crippen LogP contribution >= 0.6 is 0 Å². The molecule has 0 unspecified atom stereocenters. The number of nitrogens with one attached hydrogen (secondary N) is 1. The first kappa shape index (κ1) is 14.1. The molecule has 0 saturated carbocycles. The molecule has 0 amide bonds. The Morgan fingerprint density at radius 1 is 0.950 bits per heavy atom. The first-order chi connectivity index (χ1) is 9.40. The molecule has 0 fully saturated rings. The number of hydrogen-bond donors (Lipinski definition) is 2. The van der Waals surface area contributed by atoms with Crippen molar-refractivity contribution in [3.63, 3.8) is 0 Å². The quantitative estimate of drug-likeness (QED) is 0.658. The van der Waals surface area contributed by atoms with Crippen LogP contribution in [0.25, 0.3) is 0 Å². The second kappa shape index (κ2) is 5.37. The van der Waals surface area contributed by atoms with Crippen LogP contribution in [-0.4, -0.2) is 12.9 Å². The fraction of sp³-hybridized carbons (Fsp3) is 0.235. The molecule has 2 rings (SSSR count). The number of nitrogen functional groups attached to an aromatic ring is 1. The number of nitrogens with zero attached hydrogens (tertiary/aromatic N) is 1. The molecule has 20 heavy (non-hydrogen) atoms. The van der Waals surface area contributed by atoms with Crippen LogP contribution in [0, 0.1) is 26.2 Å². The lowest BCUT2D eigenvalue weighted by molar-refractivity contribution is 1.16. The van der Waals surface area contributed by atoms with Crippen LogP contribution in [-0.2, 0) is 0 Å². The summed E-state index contributed by atoms with van der Waals surface area (Å²) in [4.78, 5) is 2.10. The average molecular weight is 267 g/mol. The highest BCUT2D eigenvalue weighted by atomic mass is 15.1. The Hall–Kier alpha value is -2.29. The lowest BCUT2D eigenvalue weighted by Gasteiger charge is -2.24. The second-order valence-corrected chi connectivity index (χ2v) is 5.28. The molecule has 3 heteroatoms. The van der Waals surface area contributed by atoms with E-state index in [4.69, 9.17) is 11.1 Å². The van der Waals surface area contributed by atoms with Gasteiger partial charge in [0.05, 0.1) is 5.69 Å². The van der Waals surface area contributed by atoms with Crippen molar-refractivity contribution < 1.29 is 0 Å². The minimum Gasteiger partial charge on any atom is -0.384 e. The van der Waals surface area contributed by atoms with E-state index in [1.54, 1.807) is 0 Å². The predicted octanol–water partition coefficient (Wildman–Crippen LogP) is 3.66. The molecule has 3 N–H and O–H groups in total. The number of anilines is 2. The molecule has 2 aromatic rings. The SMILES string of the molecule is Cc1ccc(N(C)c2cc(C)ccc2C(=N)N)c(C)c1. The Bertz CT molecular complexity index is 659. The summed E-state index contributed by atoms with van der Waals surface area (Å²) in [7, 11) is 2.01. The highest BCUT2D eigenvalue weighted by molar-refractivity contribution is 6.01. The van der Waals surface area contributed by atoms with Crippen molar-refractivity contribution in [2.75, 3.05) is 11.9 Å². The van der Waals surface area contributed by atoms with Crippen LogP contribution in [0.4, 0.5) is 11.4 Å². The third kappa shape index (κ3) is 2.67. The molecule has 0 bridgehead atoms. The normalized spacial score (nSPS) is 10.4. The summed E-state index contributed by atoms with van der Waals surface area (Å²) in [6, 6.07) is 12.3. The minimum absolute atomic E-state index is 0.0941. The first-order valence-electron chi connectivity index (χ1n) is 6.66. The van der Waals surface area contributed by atoms with E-state index < -0.39 is 0 Å². The summed E-state index contributed by atoms with van der Waals surface area (Å²) >= 11 is 0. The maximum atomic E-state index is 7.74. The van der Waals surface area contributed by atoms with Crippen LogP contribution < -0.4 is 10.6 Å². The average Bonchev–Trinajstić information content (AvgIpc) is 2.37. The van der Waals surface area contributed by atoms with Gasteiger partial charge in [0.15, 0.2) is 0 Å². The molecule has 104 valence electrons. The fourth-order valence-corrected chi connectivity index (χ4v) is 2.46. The Morgan fingerprint density at radius 3 is 2.15 bits per heavy atom. The maximum absolute atomic E-state index is 7.74. The highest BCUT2D eigenvalue weighted by Crippen LogP contribution is 2.30. The standard InChI is InChI=1S/C17H21N3/c1-11-6-8-15(13(3)9-11)20(4)16-10-12(2)5-7-14(16)17(18)19/h5-10H,1-4H3,(H3,18,19). The Morgan fingerprint density at radius 2 is 1.55 bits per heavy atom. The molecule has 0 aromatic heterocycles. The van der Waals surface area contributed by atoms with Gasteiger partial charge in [-0.25, -0.2) is 0 Å². The van der Waals surface area contributed by atoms with Gasteiger partial charge in [-0.05, 0) is 50.1 Å². The topological polar surface area (TPSA) is 53.1 Å². The lowest BCUT2D eigenvalue weighted by atomic mass is 10.1. The second-order valence-electron chi connectivity index (χ2n) is 5.28. The molecule has 2 aromatic carbocycles. The molecule has 0 aliphatic rings. The van der Waals surface area contributed by atoms with Gasteiger partial charge in [0, 0.05) is 18.3 Å². The van der Waals surface area contributed by atoms with Crippen molar-refractivity contribution in [2.24, 2.45) is 5.73 Å². The number of amidine groups is 1. The number of aryl methyl sites for hydroxylation is 3. The molecule has 0 aliphatic heterocycles. The molecule has 0 saturated heterocycles. The Labute approximate surface area is 120 Å². The van der Waals surface area contributed by atoms with E-state index in [1.165, 1.54) is 11.1 Å². The van der Waals surface area contributed by atoms with Crippen LogP contribution in [0.5, 0.6) is 0 Å². The Kier molecular flexibility index (Phi) is 3.79. The number of rotatable bonds is 3. The van der Waals surface area contributed by atoms with Gasteiger partial charge < -0.3 is 10.6 Å². The summed E-state index contributed by atoms with van der Waals surface area (Å²) < 4.78 is 0. The number of hydrogen-bond acceptors (Lipinski definition) is 2. The van der Waals surface area contributed by atoms with Gasteiger partial charge in [0.25, 0.3) is 0 Å². The first-order valence-corrected chi connectivity index (χ1v) is 6.66. The van der Waals surface area contributed by atoms with Crippen molar-refractivity contribution in [2.45, 2.75) is 20.8 Å². The summed E-state index contributed by atoms with van der Waals surface area (Å²) in [6.07, 6.45) is 0. The summed E-state index contributed by atoms with van der Waals surface area (Å²) in [5.74, 6) is 0.0941. The van der Waals surface area contributed by atoms with Gasteiger partial charge >= 0.3 is 0 Å². The van der Waals surface area contributed by atoms with Gasteiger partial charge in [-0.3, -0.25) is 5.41 Å². The smallest absolute Gasteiger partial charge is 0.124 e. The number of benzene rings is 2. The summed E-state index contributed by atoms with van der Waals surface area (Å²) in [6.45, 7) is 6.23. The van der Waals surface area contributed by atoms with E-state index in [0.717, 1.165) is 22.5 Å². The summed E-state index contributed by atoms with van der Waals surface area (Å²) in [5, 5.41) is 7.74. The lowest BCUT2D eigenvalue weighted by Crippen LogP contribution is -2.19. The fourth-order valence-electron chi connectivity index (χ4n) is 2.46. The van der Waals surface area contributed by atoms with Gasteiger partial charge in [-0.1, -0.05) is 23.8 Å². The zero-order chi connectivity index (χ0) is 14.9. The number of nitrogens with two attached hydrogens (primary N) is 1. The van der Waals surface area contributed by atoms with Crippen molar-refractivity contribution >= 4 is 17.2 Å². The van der Waals surface area contributed by atoms with E-state index in [0.29, 0.717) is 0 Å². The van der Waals surface area contributed by atoms with Gasteiger partial charge in [-0.2, -0.15) is 0 Å². The third-order valence-electron chi connectivity index (χ3n) is 3.52. The molecular formula is C17H21N3. The van der Waals surface area contributed by atoms with Crippen LogP contribution in [0.3, 0.4) is 0 Å². The van der Waals surface area contributed by atoms with Crippen molar-refractivity contribution in [3.8, 4) is 0 Å². The monoisotopic (exact) mass is 267 g/mol. The molecule has 3 nitrogen and oxygen atoms in total. The van der Waals surface area contributed by atoms with Crippen molar-refractivity contribution in [1.82, 2.24) is 0 Å². The maximum Gasteiger partial charge on any atom is 0.124 e. The van der Waals surface area contributed by atoms with E-state index in [2.05, 4.69) is 43.0 Å². The molecule has 0 spiro atoms. The molecular weight excluding hydrogens is 246 g/mol. The third-order valence-corrected chi connectivity index (χ3v) is 3.52. The van der Waals surface area contributed by atoms with E-state index in [-0.39, 0.29) is 5.84 Å². The molecule has 0 atom stereocenters. The Balaban J connectivity index is 2.55. The van der Waals surface area contributed by atoms with E-state index >= 15 is 0 Å². The van der Waals surface area contributed by atoms with Gasteiger partial charge in [-0.15, -0.1) is 0 Å². The van der Waals surface area contributed by atoms with Crippen molar-refractivity contribution in [3.05, 3.63) is 58.7 Å².